The van der Waals surface area contributed by atoms with Crippen LogP contribution in [0.1, 0.15) is 18.6 Å². The van der Waals surface area contributed by atoms with E-state index in [0.29, 0.717) is 0 Å². The van der Waals surface area contributed by atoms with Gasteiger partial charge < -0.3 is 4.74 Å². The molecular weight excluding hydrogens is 299 g/mol. The van der Waals surface area contributed by atoms with Gasteiger partial charge in [-0.3, -0.25) is 0 Å². The monoisotopic (exact) mass is 320 g/mol. The highest BCUT2D eigenvalue weighted by atomic mass is 31.1. The number of benzene rings is 3. The zero-order valence-corrected chi connectivity index (χ0v) is 14.4. The van der Waals surface area contributed by atoms with Gasteiger partial charge in [-0.1, -0.05) is 84.9 Å². The van der Waals surface area contributed by atoms with Crippen LogP contribution in [0.15, 0.2) is 84.9 Å². The number of methoxy groups -OCH3 is 1. The highest BCUT2D eigenvalue weighted by molar-refractivity contribution is 7.79. The second kappa shape index (κ2) is 7.55. The molecule has 23 heavy (non-hydrogen) atoms. The van der Waals surface area contributed by atoms with E-state index in [9.17, 15) is 0 Å². The summed E-state index contributed by atoms with van der Waals surface area (Å²) >= 11 is 0. The lowest BCUT2D eigenvalue weighted by molar-refractivity contribution is 0.120. The molecule has 3 rings (SSSR count). The molecule has 0 aliphatic carbocycles. The summed E-state index contributed by atoms with van der Waals surface area (Å²) in [6, 6.07) is 30.2. The van der Waals surface area contributed by atoms with Crippen LogP contribution in [0.5, 0.6) is 0 Å². The Labute approximate surface area is 139 Å². The molecule has 116 valence electrons. The van der Waals surface area contributed by atoms with Gasteiger partial charge in [0.1, 0.15) is 0 Å². The highest BCUT2D eigenvalue weighted by Crippen LogP contribution is 2.35. The lowest BCUT2D eigenvalue weighted by atomic mass is 10.1. The summed E-state index contributed by atoms with van der Waals surface area (Å²) in [6.45, 7) is 2.11. The molecule has 0 unspecified atom stereocenters. The summed E-state index contributed by atoms with van der Waals surface area (Å²) in [4.78, 5) is 0. The maximum atomic E-state index is 5.61. The number of ether oxygens (including phenoxy) is 1. The molecule has 0 amide bonds. The van der Waals surface area contributed by atoms with E-state index < -0.39 is 7.92 Å². The summed E-state index contributed by atoms with van der Waals surface area (Å²) < 4.78 is 5.61. The van der Waals surface area contributed by atoms with Gasteiger partial charge in [0.25, 0.3) is 0 Å². The minimum Gasteiger partial charge on any atom is -0.377 e. The fourth-order valence-electron chi connectivity index (χ4n) is 2.74. The van der Waals surface area contributed by atoms with E-state index in [-0.39, 0.29) is 6.10 Å². The minimum absolute atomic E-state index is 0.0867. The van der Waals surface area contributed by atoms with Crippen LogP contribution < -0.4 is 15.9 Å². The maximum absolute atomic E-state index is 5.61. The van der Waals surface area contributed by atoms with Crippen molar-refractivity contribution in [3.8, 4) is 0 Å². The third kappa shape index (κ3) is 3.52. The normalized spacial score (nSPS) is 12.3. The molecule has 3 aromatic rings. The molecule has 0 saturated carbocycles. The molecule has 3 aromatic carbocycles. The van der Waals surface area contributed by atoms with Crippen molar-refractivity contribution in [2.75, 3.05) is 7.11 Å². The fourth-order valence-corrected chi connectivity index (χ4v) is 5.29. The van der Waals surface area contributed by atoms with E-state index in [1.54, 1.807) is 7.11 Å². The second-order valence-electron chi connectivity index (χ2n) is 5.44. The van der Waals surface area contributed by atoms with Gasteiger partial charge in [0.05, 0.1) is 6.10 Å². The molecule has 0 aromatic heterocycles. The first-order valence-corrected chi connectivity index (χ1v) is 9.17. The van der Waals surface area contributed by atoms with E-state index in [4.69, 9.17) is 4.74 Å². The smallest absolute Gasteiger partial charge is 0.0799 e. The standard InChI is InChI=1S/C21H21OP/c1-17(22-2)20-15-9-10-16-21(20)23(18-11-5-3-6-12-18)19-13-7-4-8-14-19/h3-17H,1-2H3/t17-/m1/s1. The fraction of sp³-hybridized carbons (Fsp3) is 0.143. The summed E-state index contributed by atoms with van der Waals surface area (Å²) in [5.74, 6) is 0. The van der Waals surface area contributed by atoms with Crippen molar-refractivity contribution in [1.82, 2.24) is 0 Å². The Morgan fingerprint density at radius 2 is 1.17 bits per heavy atom. The third-order valence-electron chi connectivity index (χ3n) is 4.00. The molecular formula is C21H21OP. The molecule has 0 aliphatic heterocycles. The Morgan fingerprint density at radius 1 is 0.696 bits per heavy atom. The van der Waals surface area contributed by atoms with Gasteiger partial charge >= 0.3 is 0 Å². The Morgan fingerprint density at radius 3 is 1.70 bits per heavy atom. The first-order valence-electron chi connectivity index (χ1n) is 7.83. The molecule has 0 heterocycles. The summed E-state index contributed by atoms with van der Waals surface area (Å²) in [6.07, 6.45) is 0.0867. The quantitative estimate of drug-likeness (QED) is 0.642. The largest absolute Gasteiger partial charge is 0.377 e. The van der Waals surface area contributed by atoms with E-state index in [0.717, 1.165) is 0 Å². The third-order valence-corrected chi connectivity index (χ3v) is 6.52. The van der Waals surface area contributed by atoms with Crippen LogP contribution in [-0.2, 0) is 4.74 Å². The van der Waals surface area contributed by atoms with Gasteiger partial charge in [-0.25, -0.2) is 0 Å². The van der Waals surface area contributed by atoms with Crippen molar-refractivity contribution in [2.45, 2.75) is 13.0 Å². The van der Waals surface area contributed by atoms with Gasteiger partial charge in [0.2, 0.25) is 0 Å². The first-order chi connectivity index (χ1) is 11.3. The molecule has 0 fully saturated rings. The number of hydrogen-bond donors (Lipinski definition) is 0. The summed E-state index contributed by atoms with van der Waals surface area (Å²) in [5, 5.41) is 4.10. The lowest BCUT2D eigenvalue weighted by Gasteiger charge is -2.24. The molecule has 0 spiro atoms. The van der Waals surface area contributed by atoms with Crippen LogP contribution in [0.3, 0.4) is 0 Å². The average Bonchev–Trinajstić information content (AvgIpc) is 2.63. The second-order valence-corrected chi connectivity index (χ2v) is 7.63. The van der Waals surface area contributed by atoms with Crippen molar-refractivity contribution in [1.29, 1.82) is 0 Å². The van der Waals surface area contributed by atoms with Crippen molar-refractivity contribution < 1.29 is 4.74 Å². The number of hydrogen-bond acceptors (Lipinski definition) is 1. The summed E-state index contributed by atoms with van der Waals surface area (Å²) in [5.41, 5.74) is 1.27. The van der Waals surface area contributed by atoms with E-state index in [2.05, 4.69) is 91.9 Å². The van der Waals surface area contributed by atoms with Crippen molar-refractivity contribution in [2.24, 2.45) is 0 Å². The van der Waals surface area contributed by atoms with Crippen LogP contribution in [0.4, 0.5) is 0 Å². The van der Waals surface area contributed by atoms with Crippen LogP contribution in [0.25, 0.3) is 0 Å². The maximum Gasteiger partial charge on any atom is 0.0799 e. The topological polar surface area (TPSA) is 9.23 Å². The van der Waals surface area contributed by atoms with Crippen molar-refractivity contribution in [3.63, 3.8) is 0 Å². The highest BCUT2D eigenvalue weighted by Gasteiger charge is 2.21. The molecule has 0 saturated heterocycles. The van der Waals surface area contributed by atoms with Gasteiger partial charge in [-0.05, 0) is 36.3 Å². The van der Waals surface area contributed by atoms with Gasteiger partial charge in [0.15, 0.2) is 0 Å². The zero-order valence-electron chi connectivity index (χ0n) is 13.5. The van der Waals surface area contributed by atoms with Crippen LogP contribution in [-0.4, -0.2) is 7.11 Å². The summed E-state index contributed by atoms with van der Waals surface area (Å²) in [7, 11) is 1.19. The minimum atomic E-state index is -0.585. The Balaban J connectivity index is 2.18. The van der Waals surface area contributed by atoms with Crippen molar-refractivity contribution >= 4 is 23.8 Å². The predicted molar refractivity (Wildman–Crippen MR) is 101 cm³/mol. The van der Waals surface area contributed by atoms with E-state index in [1.807, 2.05) is 0 Å². The van der Waals surface area contributed by atoms with E-state index in [1.165, 1.54) is 21.5 Å². The number of rotatable bonds is 5. The molecule has 0 N–H and O–H groups in total. The predicted octanol–water partition coefficient (Wildman–Crippen LogP) is 4.15. The average molecular weight is 320 g/mol. The van der Waals surface area contributed by atoms with Crippen LogP contribution in [0.2, 0.25) is 0 Å². The van der Waals surface area contributed by atoms with Gasteiger partial charge in [0, 0.05) is 7.11 Å². The van der Waals surface area contributed by atoms with E-state index >= 15 is 0 Å². The molecule has 1 atom stereocenters. The van der Waals surface area contributed by atoms with Crippen LogP contribution in [0, 0.1) is 0 Å². The molecule has 2 heteroatoms. The Hall–Kier alpha value is -1.95. The molecule has 0 aliphatic rings. The molecule has 0 bridgehead atoms. The zero-order chi connectivity index (χ0) is 16.1. The van der Waals surface area contributed by atoms with Crippen molar-refractivity contribution in [3.05, 3.63) is 90.5 Å². The first kappa shape index (κ1) is 15.9. The molecule has 0 radical (unpaired) electrons. The molecule has 1 nitrogen and oxygen atoms in total. The Kier molecular flexibility index (Phi) is 5.23. The van der Waals surface area contributed by atoms with Gasteiger partial charge in [-0.15, -0.1) is 0 Å². The SMILES string of the molecule is CO[C@H](C)c1ccccc1P(c1ccccc1)c1ccccc1. The van der Waals surface area contributed by atoms with Crippen LogP contribution >= 0.6 is 7.92 Å². The lowest BCUT2D eigenvalue weighted by Crippen LogP contribution is -2.24. The Bertz CT molecular complexity index is 701. The van der Waals surface area contributed by atoms with Gasteiger partial charge in [-0.2, -0.15) is 0 Å².